The van der Waals surface area contributed by atoms with E-state index in [0.717, 1.165) is 63.4 Å². The van der Waals surface area contributed by atoms with Gasteiger partial charge in [0, 0.05) is 45.0 Å². The first-order valence-electron chi connectivity index (χ1n) is 9.79. The van der Waals surface area contributed by atoms with E-state index in [-0.39, 0.29) is 5.56 Å². The molecule has 1 fully saturated rings. The van der Waals surface area contributed by atoms with Crippen LogP contribution >= 0.6 is 0 Å². The molecule has 1 atom stereocenters. The minimum Gasteiger partial charge on any atom is -0.357 e. The van der Waals surface area contributed by atoms with E-state index in [1.807, 2.05) is 12.3 Å². The summed E-state index contributed by atoms with van der Waals surface area (Å²) >= 11 is 0. The van der Waals surface area contributed by atoms with E-state index in [4.69, 9.17) is 4.99 Å². The summed E-state index contributed by atoms with van der Waals surface area (Å²) in [6.45, 7) is 11.5. The summed E-state index contributed by atoms with van der Waals surface area (Å²) < 4.78 is 1.77. The summed E-state index contributed by atoms with van der Waals surface area (Å²) in [6.07, 6.45) is 6.41. The van der Waals surface area contributed by atoms with Crippen molar-refractivity contribution in [1.29, 1.82) is 0 Å². The number of aryl methyl sites for hydroxylation is 1. The number of hydrogen-bond donors (Lipinski definition) is 1. The SMILES string of the molecule is CCNC(=NCCCCn1ccccc1=O)N1CCC(CC(C)C)C1. The number of likely N-dealkylation sites (tertiary alicyclic amines) is 1. The first-order chi connectivity index (χ1) is 12.1. The Bertz CT molecular complexity index is 593. The molecule has 2 rings (SSSR count). The molecule has 1 N–H and O–H groups in total. The molecule has 0 amide bonds. The van der Waals surface area contributed by atoms with Crippen LogP contribution in [0.25, 0.3) is 0 Å². The molecule has 5 heteroatoms. The summed E-state index contributed by atoms with van der Waals surface area (Å²) in [4.78, 5) is 18.9. The third kappa shape index (κ3) is 6.56. The maximum Gasteiger partial charge on any atom is 0.250 e. The van der Waals surface area contributed by atoms with Gasteiger partial charge in [-0.3, -0.25) is 9.79 Å². The van der Waals surface area contributed by atoms with Gasteiger partial charge in [-0.1, -0.05) is 19.9 Å². The summed E-state index contributed by atoms with van der Waals surface area (Å²) in [5.74, 6) is 2.63. The maximum absolute atomic E-state index is 11.7. The van der Waals surface area contributed by atoms with Crippen LogP contribution in [0.4, 0.5) is 0 Å². The van der Waals surface area contributed by atoms with Crippen LogP contribution in [0.2, 0.25) is 0 Å². The largest absolute Gasteiger partial charge is 0.357 e. The number of aliphatic imine (C=N–C) groups is 1. The fraction of sp³-hybridized carbons (Fsp3) is 0.700. The van der Waals surface area contributed by atoms with E-state index >= 15 is 0 Å². The van der Waals surface area contributed by atoms with Crippen LogP contribution in [-0.2, 0) is 6.54 Å². The van der Waals surface area contributed by atoms with Crippen LogP contribution in [0.15, 0.2) is 34.2 Å². The van der Waals surface area contributed by atoms with E-state index < -0.39 is 0 Å². The highest BCUT2D eigenvalue weighted by Gasteiger charge is 2.25. The van der Waals surface area contributed by atoms with Gasteiger partial charge >= 0.3 is 0 Å². The summed E-state index contributed by atoms with van der Waals surface area (Å²) in [7, 11) is 0. The smallest absolute Gasteiger partial charge is 0.250 e. The molecule has 0 aliphatic carbocycles. The van der Waals surface area contributed by atoms with Crippen molar-refractivity contribution < 1.29 is 0 Å². The summed E-state index contributed by atoms with van der Waals surface area (Å²) in [5, 5.41) is 3.44. The zero-order chi connectivity index (χ0) is 18.1. The van der Waals surface area contributed by atoms with E-state index in [0.29, 0.717) is 0 Å². The zero-order valence-electron chi connectivity index (χ0n) is 16.1. The lowest BCUT2D eigenvalue weighted by molar-refractivity contribution is 0.403. The van der Waals surface area contributed by atoms with Crippen molar-refractivity contribution in [2.45, 2.75) is 53.0 Å². The minimum absolute atomic E-state index is 0.0765. The molecule has 0 radical (unpaired) electrons. The van der Waals surface area contributed by atoms with Crippen LogP contribution < -0.4 is 10.9 Å². The molecule has 0 aromatic carbocycles. The molecular formula is C20H34N4O. The van der Waals surface area contributed by atoms with Gasteiger partial charge in [-0.15, -0.1) is 0 Å². The Morgan fingerprint density at radius 2 is 2.20 bits per heavy atom. The van der Waals surface area contributed by atoms with Gasteiger partial charge in [-0.05, 0) is 50.5 Å². The Labute approximate surface area is 152 Å². The molecule has 1 aromatic heterocycles. The second kappa shape index (κ2) is 10.3. The first kappa shape index (κ1) is 19.5. The van der Waals surface area contributed by atoms with Gasteiger partial charge in [-0.25, -0.2) is 0 Å². The number of rotatable bonds is 8. The molecule has 0 bridgehead atoms. The summed E-state index contributed by atoms with van der Waals surface area (Å²) in [5.41, 5.74) is 0.0765. The van der Waals surface area contributed by atoms with Gasteiger partial charge in [0.25, 0.3) is 0 Å². The molecule has 1 unspecified atom stereocenters. The highest BCUT2D eigenvalue weighted by atomic mass is 16.1. The Balaban J connectivity index is 1.78. The van der Waals surface area contributed by atoms with Crippen molar-refractivity contribution in [3.63, 3.8) is 0 Å². The van der Waals surface area contributed by atoms with Crippen molar-refractivity contribution in [2.24, 2.45) is 16.8 Å². The maximum atomic E-state index is 11.7. The van der Waals surface area contributed by atoms with Gasteiger partial charge in [0.05, 0.1) is 0 Å². The third-order valence-electron chi connectivity index (χ3n) is 4.69. The molecule has 1 aromatic rings. The summed E-state index contributed by atoms with van der Waals surface area (Å²) in [6, 6.07) is 5.31. The van der Waals surface area contributed by atoms with Crippen molar-refractivity contribution in [1.82, 2.24) is 14.8 Å². The van der Waals surface area contributed by atoms with E-state index in [1.165, 1.54) is 12.8 Å². The average Bonchev–Trinajstić information content (AvgIpc) is 3.02. The van der Waals surface area contributed by atoms with E-state index in [1.54, 1.807) is 16.7 Å². The van der Waals surface area contributed by atoms with Gasteiger partial charge in [0.15, 0.2) is 5.96 Å². The molecule has 5 nitrogen and oxygen atoms in total. The zero-order valence-corrected chi connectivity index (χ0v) is 16.1. The minimum atomic E-state index is 0.0765. The lowest BCUT2D eigenvalue weighted by atomic mass is 9.97. The molecule has 1 saturated heterocycles. The molecule has 0 saturated carbocycles. The second-order valence-corrected chi connectivity index (χ2v) is 7.41. The van der Waals surface area contributed by atoms with Crippen LogP contribution in [0.1, 0.15) is 46.5 Å². The Morgan fingerprint density at radius 3 is 2.92 bits per heavy atom. The number of guanidine groups is 1. The highest BCUT2D eigenvalue weighted by Crippen LogP contribution is 2.23. The van der Waals surface area contributed by atoms with Crippen molar-refractivity contribution in [2.75, 3.05) is 26.2 Å². The van der Waals surface area contributed by atoms with Crippen LogP contribution in [0.5, 0.6) is 0 Å². The Morgan fingerprint density at radius 1 is 1.36 bits per heavy atom. The predicted molar refractivity (Wildman–Crippen MR) is 105 cm³/mol. The monoisotopic (exact) mass is 346 g/mol. The molecule has 2 heterocycles. The quantitative estimate of drug-likeness (QED) is 0.447. The topological polar surface area (TPSA) is 49.6 Å². The van der Waals surface area contributed by atoms with Crippen LogP contribution in [0.3, 0.4) is 0 Å². The standard InChI is InChI=1S/C20H34N4O/c1-4-21-20(24-14-10-18(16-24)15-17(2)3)22-11-6-8-13-23-12-7-5-9-19(23)25/h5,7,9,12,17-18H,4,6,8,10-11,13-16H2,1-3H3,(H,21,22). The van der Waals surface area contributed by atoms with E-state index in [2.05, 4.69) is 31.0 Å². The number of nitrogens with one attached hydrogen (secondary N) is 1. The molecule has 25 heavy (non-hydrogen) atoms. The van der Waals surface area contributed by atoms with Crippen LogP contribution in [-0.4, -0.2) is 41.6 Å². The lowest BCUT2D eigenvalue weighted by Crippen LogP contribution is -2.40. The Hall–Kier alpha value is -1.78. The van der Waals surface area contributed by atoms with Gasteiger partial charge in [-0.2, -0.15) is 0 Å². The Kier molecular flexibility index (Phi) is 8.02. The van der Waals surface area contributed by atoms with Crippen LogP contribution in [0, 0.1) is 11.8 Å². The number of nitrogens with zero attached hydrogens (tertiary/aromatic N) is 3. The molecule has 1 aliphatic rings. The van der Waals surface area contributed by atoms with E-state index in [9.17, 15) is 4.79 Å². The van der Waals surface area contributed by atoms with Gasteiger partial charge in [0.1, 0.15) is 0 Å². The van der Waals surface area contributed by atoms with Gasteiger partial charge < -0.3 is 14.8 Å². The highest BCUT2D eigenvalue weighted by molar-refractivity contribution is 5.80. The number of pyridine rings is 1. The number of hydrogen-bond acceptors (Lipinski definition) is 2. The predicted octanol–water partition coefficient (Wildman–Crippen LogP) is 2.96. The van der Waals surface area contributed by atoms with Crippen molar-refractivity contribution in [3.8, 4) is 0 Å². The third-order valence-corrected chi connectivity index (χ3v) is 4.69. The number of aromatic nitrogens is 1. The lowest BCUT2D eigenvalue weighted by Gasteiger charge is -2.22. The average molecular weight is 347 g/mol. The normalized spacial score (nSPS) is 18.2. The molecule has 1 aliphatic heterocycles. The van der Waals surface area contributed by atoms with Crippen molar-refractivity contribution >= 4 is 5.96 Å². The second-order valence-electron chi connectivity index (χ2n) is 7.41. The molecule has 140 valence electrons. The van der Waals surface area contributed by atoms with Gasteiger partial charge in [0.2, 0.25) is 5.56 Å². The fourth-order valence-electron chi connectivity index (χ4n) is 3.53. The molecule has 0 spiro atoms. The number of unbranched alkanes of at least 4 members (excludes halogenated alkanes) is 1. The molecular weight excluding hydrogens is 312 g/mol. The first-order valence-corrected chi connectivity index (χ1v) is 9.79. The fourth-order valence-corrected chi connectivity index (χ4v) is 3.53. The van der Waals surface area contributed by atoms with Crippen molar-refractivity contribution in [3.05, 3.63) is 34.7 Å².